The van der Waals surface area contributed by atoms with E-state index in [9.17, 15) is 14.7 Å². The molecule has 0 aliphatic heterocycles. The van der Waals surface area contributed by atoms with Crippen LogP contribution in [0.5, 0.6) is 5.75 Å². The molecular formula is C19H15NO4. The molecule has 0 aliphatic rings. The molecule has 0 bridgehead atoms. The van der Waals surface area contributed by atoms with Gasteiger partial charge >= 0.3 is 5.97 Å². The Morgan fingerprint density at radius 1 is 1.04 bits per heavy atom. The number of Topliss-reactive ketones (excluding diaryl/α,β-unsaturated/α-hetero) is 1. The molecule has 120 valence electrons. The maximum atomic E-state index is 12.9. The zero-order valence-electron chi connectivity index (χ0n) is 13.0. The largest absolute Gasteiger partial charge is 0.497 e. The number of carbonyl (C=O) groups is 2. The molecule has 1 unspecified atom stereocenters. The molecule has 1 aromatic heterocycles. The first-order valence-electron chi connectivity index (χ1n) is 7.36. The van der Waals surface area contributed by atoms with Crippen LogP contribution in [0.15, 0.2) is 60.8 Å². The van der Waals surface area contributed by atoms with Gasteiger partial charge < -0.3 is 9.84 Å². The lowest BCUT2D eigenvalue weighted by molar-refractivity contribution is -0.137. The van der Waals surface area contributed by atoms with E-state index in [0.717, 1.165) is 5.39 Å². The van der Waals surface area contributed by atoms with E-state index in [1.807, 2.05) is 12.1 Å². The Hall–Kier alpha value is -3.21. The molecule has 5 nitrogen and oxygen atoms in total. The number of aromatic nitrogens is 1. The van der Waals surface area contributed by atoms with Crippen LogP contribution in [0.2, 0.25) is 0 Å². The molecule has 0 saturated carbocycles. The maximum Gasteiger partial charge on any atom is 0.318 e. The Labute approximate surface area is 138 Å². The van der Waals surface area contributed by atoms with Gasteiger partial charge in [0.1, 0.15) is 11.7 Å². The van der Waals surface area contributed by atoms with Crippen molar-refractivity contribution in [2.75, 3.05) is 7.11 Å². The molecule has 1 N–H and O–H groups in total. The molecule has 0 spiro atoms. The standard InChI is InChI=1S/C19H15NO4/c1-24-14-9-7-12(8-10-14)16(19(22)23)18(21)15-6-2-4-13-5-3-11-20-17(13)15/h2-11,16H,1H3,(H,22,23). The van der Waals surface area contributed by atoms with Crippen molar-refractivity contribution in [1.29, 1.82) is 0 Å². The van der Waals surface area contributed by atoms with Crippen LogP contribution in [-0.2, 0) is 4.79 Å². The third-order valence-corrected chi connectivity index (χ3v) is 3.86. The Kier molecular flexibility index (Phi) is 4.24. The quantitative estimate of drug-likeness (QED) is 0.576. The molecule has 0 amide bonds. The van der Waals surface area contributed by atoms with Gasteiger partial charge in [-0.3, -0.25) is 14.6 Å². The Morgan fingerprint density at radius 3 is 2.42 bits per heavy atom. The van der Waals surface area contributed by atoms with Crippen molar-refractivity contribution in [1.82, 2.24) is 4.98 Å². The number of ketones is 1. The van der Waals surface area contributed by atoms with E-state index < -0.39 is 17.7 Å². The summed E-state index contributed by atoms with van der Waals surface area (Å²) in [6.45, 7) is 0. The Morgan fingerprint density at radius 2 is 1.75 bits per heavy atom. The van der Waals surface area contributed by atoms with E-state index in [0.29, 0.717) is 22.4 Å². The maximum absolute atomic E-state index is 12.9. The summed E-state index contributed by atoms with van der Waals surface area (Å²) in [6, 6.07) is 15.2. The molecule has 0 saturated heterocycles. The number of pyridine rings is 1. The molecule has 1 atom stereocenters. The first-order chi connectivity index (χ1) is 11.6. The molecule has 0 aliphatic carbocycles. The molecular weight excluding hydrogens is 306 g/mol. The third kappa shape index (κ3) is 2.84. The minimum Gasteiger partial charge on any atom is -0.497 e. The molecule has 3 aromatic rings. The van der Waals surface area contributed by atoms with Gasteiger partial charge in [-0.1, -0.05) is 30.3 Å². The van der Waals surface area contributed by atoms with Crippen LogP contribution in [0.1, 0.15) is 21.8 Å². The minimum atomic E-state index is -1.29. The number of carboxylic acids is 1. The van der Waals surface area contributed by atoms with E-state index >= 15 is 0 Å². The first kappa shape index (κ1) is 15.7. The smallest absolute Gasteiger partial charge is 0.318 e. The monoisotopic (exact) mass is 321 g/mol. The number of ether oxygens (including phenoxy) is 1. The number of aliphatic carboxylic acids is 1. The second-order valence-electron chi connectivity index (χ2n) is 5.29. The highest BCUT2D eigenvalue weighted by atomic mass is 16.5. The van der Waals surface area contributed by atoms with Gasteiger partial charge in [0.25, 0.3) is 0 Å². The normalized spacial score (nSPS) is 11.9. The van der Waals surface area contributed by atoms with Gasteiger partial charge in [0.05, 0.1) is 12.6 Å². The van der Waals surface area contributed by atoms with Crippen molar-refractivity contribution in [3.05, 3.63) is 71.9 Å². The van der Waals surface area contributed by atoms with Crippen LogP contribution >= 0.6 is 0 Å². The van der Waals surface area contributed by atoms with Gasteiger partial charge in [0.2, 0.25) is 0 Å². The molecule has 3 rings (SSSR count). The number of carboxylic acid groups (broad SMARTS) is 1. The second-order valence-corrected chi connectivity index (χ2v) is 5.29. The fourth-order valence-corrected chi connectivity index (χ4v) is 2.66. The van der Waals surface area contributed by atoms with Crippen LogP contribution in [0.4, 0.5) is 0 Å². The van der Waals surface area contributed by atoms with Gasteiger partial charge in [-0.2, -0.15) is 0 Å². The van der Waals surface area contributed by atoms with Crippen LogP contribution in [0.25, 0.3) is 10.9 Å². The minimum absolute atomic E-state index is 0.302. The van der Waals surface area contributed by atoms with Crippen molar-refractivity contribution in [3.63, 3.8) is 0 Å². The fraction of sp³-hybridized carbons (Fsp3) is 0.105. The van der Waals surface area contributed by atoms with Crippen molar-refractivity contribution in [2.24, 2.45) is 0 Å². The van der Waals surface area contributed by atoms with Gasteiger partial charge in [-0.05, 0) is 29.8 Å². The topological polar surface area (TPSA) is 76.5 Å². The molecule has 24 heavy (non-hydrogen) atoms. The average Bonchev–Trinajstić information content (AvgIpc) is 2.61. The molecule has 1 heterocycles. The van der Waals surface area contributed by atoms with E-state index in [1.165, 1.54) is 7.11 Å². The van der Waals surface area contributed by atoms with Crippen LogP contribution < -0.4 is 4.74 Å². The molecule has 5 heteroatoms. The van der Waals surface area contributed by atoms with E-state index in [4.69, 9.17) is 4.74 Å². The van der Waals surface area contributed by atoms with Crippen LogP contribution in [0, 0.1) is 0 Å². The average molecular weight is 321 g/mol. The lowest BCUT2D eigenvalue weighted by atomic mass is 9.89. The van der Waals surface area contributed by atoms with Crippen LogP contribution in [-0.4, -0.2) is 29.0 Å². The van der Waals surface area contributed by atoms with Crippen molar-refractivity contribution in [2.45, 2.75) is 5.92 Å². The molecule has 0 fully saturated rings. The summed E-state index contributed by atoms with van der Waals surface area (Å²) in [7, 11) is 1.52. The van der Waals surface area contributed by atoms with Gasteiger partial charge in [0.15, 0.2) is 5.78 Å². The van der Waals surface area contributed by atoms with Crippen molar-refractivity contribution >= 4 is 22.7 Å². The Balaban J connectivity index is 2.07. The highest BCUT2D eigenvalue weighted by Crippen LogP contribution is 2.26. The predicted octanol–water partition coefficient (Wildman–Crippen LogP) is 3.29. The van der Waals surface area contributed by atoms with Crippen LogP contribution in [0.3, 0.4) is 0 Å². The summed E-state index contributed by atoms with van der Waals surface area (Å²) in [5.41, 5.74) is 1.21. The van der Waals surface area contributed by atoms with Crippen molar-refractivity contribution in [3.8, 4) is 5.75 Å². The van der Waals surface area contributed by atoms with Gasteiger partial charge in [-0.15, -0.1) is 0 Å². The van der Waals surface area contributed by atoms with Crippen molar-refractivity contribution < 1.29 is 19.4 Å². The second kappa shape index (κ2) is 6.50. The fourth-order valence-electron chi connectivity index (χ4n) is 2.66. The predicted molar refractivity (Wildman–Crippen MR) is 89.4 cm³/mol. The number of benzene rings is 2. The van der Waals surface area contributed by atoms with E-state index in [-0.39, 0.29) is 0 Å². The zero-order valence-corrected chi connectivity index (χ0v) is 13.0. The lowest BCUT2D eigenvalue weighted by Crippen LogP contribution is -2.22. The van der Waals surface area contributed by atoms with E-state index in [2.05, 4.69) is 4.98 Å². The lowest BCUT2D eigenvalue weighted by Gasteiger charge is -2.13. The number of fused-ring (bicyclic) bond motifs is 1. The summed E-state index contributed by atoms with van der Waals surface area (Å²) < 4.78 is 5.07. The summed E-state index contributed by atoms with van der Waals surface area (Å²) in [4.78, 5) is 28.9. The highest BCUT2D eigenvalue weighted by molar-refractivity contribution is 6.17. The van der Waals surface area contributed by atoms with E-state index in [1.54, 1.807) is 48.7 Å². The number of methoxy groups -OCH3 is 1. The SMILES string of the molecule is COc1ccc(C(C(=O)O)C(=O)c2cccc3cccnc23)cc1. The Bertz CT molecular complexity index is 897. The number of carbonyl (C=O) groups excluding carboxylic acids is 1. The third-order valence-electron chi connectivity index (χ3n) is 3.86. The number of nitrogens with zero attached hydrogens (tertiary/aromatic N) is 1. The number of hydrogen-bond acceptors (Lipinski definition) is 4. The number of rotatable bonds is 5. The van der Waals surface area contributed by atoms with Gasteiger partial charge in [0, 0.05) is 17.1 Å². The number of para-hydroxylation sites is 1. The first-order valence-corrected chi connectivity index (χ1v) is 7.36. The molecule has 0 radical (unpaired) electrons. The summed E-state index contributed by atoms with van der Waals surface area (Å²) >= 11 is 0. The summed E-state index contributed by atoms with van der Waals surface area (Å²) in [5, 5.41) is 10.4. The van der Waals surface area contributed by atoms with Gasteiger partial charge in [-0.25, -0.2) is 0 Å². The number of hydrogen-bond donors (Lipinski definition) is 1. The highest BCUT2D eigenvalue weighted by Gasteiger charge is 2.30. The summed E-state index contributed by atoms with van der Waals surface area (Å²) in [6.07, 6.45) is 1.59. The zero-order chi connectivity index (χ0) is 17.1. The summed E-state index contributed by atoms with van der Waals surface area (Å²) in [5.74, 6) is -2.37. The molecule has 2 aromatic carbocycles.